The van der Waals surface area contributed by atoms with Gasteiger partial charge in [0.2, 0.25) is 0 Å². The van der Waals surface area contributed by atoms with Crippen LogP contribution in [0.25, 0.3) is 0 Å². The summed E-state index contributed by atoms with van der Waals surface area (Å²) in [4.78, 5) is 14.9. The first-order valence-electron chi connectivity index (χ1n) is 5.84. The smallest absolute Gasteiger partial charge is 0.255 e. The predicted molar refractivity (Wildman–Crippen MR) is 74.8 cm³/mol. The topological polar surface area (TPSA) is 64.7 Å². The van der Waals surface area contributed by atoms with Crippen molar-refractivity contribution >= 4 is 17.8 Å². The Hall–Kier alpha value is -2.62. The van der Waals surface area contributed by atoms with Crippen LogP contribution in [0.5, 0.6) is 5.75 Å². The zero-order valence-electron chi connectivity index (χ0n) is 10.3. The minimum atomic E-state index is -0.491. The maximum absolute atomic E-state index is 10.6. The van der Waals surface area contributed by atoms with Crippen LogP contribution in [0, 0.1) is 0 Å². The average molecular weight is 254 g/mol. The number of rotatable bonds is 5. The fourth-order valence-corrected chi connectivity index (χ4v) is 1.47. The van der Waals surface area contributed by atoms with Crippen LogP contribution in [-0.4, -0.2) is 18.7 Å². The zero-order chi connectivity index (χ0) is 13.5. The Labute approximate surface area is 111 Å². The van der Waals surface area contributed by atoms with Crippen molar-refractivity contribution in [3.05, 3.63) is 60.2 Å². The predicted octanol–water partition coefficient (Wildman–Crippen LogP) is 2.30. The molecule has 0 radical (unpaired) electrons. The van der Waals surface area contributed by atoms with Crippen molar-refractivity contribution in [3.63, 3.8) is 0 Å². The van der Waals surface area contributed by atoms with Crippen molar-refractivity contribution < 1.29 is 9.53 Å². The Morgan fingerprint density at radius 1 is 1.11 bits per heavy atom. The summed E-state index contributed by atoms with van der Waals surface area (Å²) >= 11 is 0. The van der Waals surface area contributed by atoms with Crippen molar-refractivity contribution in [2.75, 3.05) is 6.61 Å². The van der Waals surface area contributed by atoms with Gasteiger partial charge in [0.15, 0.2) is 6.61 Å². The third kappa shape index (κ3) is 4.27. The number of carbonyl (C=O) groups is 1. The monoisotopic (exact) mass is 254 g/mol. The third-order valence-electron chi connectivity index (χ3n) is 2.38. The molecule has 4 nitrogen and oxygen atoms in total. The summed E-state index contributed by atoms with van der Waals surface area (Å²) in [5.74, 6) is 0.116. The van der Waals surface area contributed by atoms with E-state index in [0.29, 0.717) is 5.75 Å². The molecule has 0 aliphatic heterocycles. The molecule has 0 spiro atoms. The first-order valence-corrected chi connectivity index (χ1v) is 5.84. The van der Waals surface area contributed by atoms with Crippen molar-refractivity contribution in [1.29, 1.82) is 0 Å². The molecule has 0 aromatic heterocycles. The lowest BCUT2D eigenvalue weighted by Crippen LogP contribution is -2.19. The van der Waals surface area contributed by atoms with Crippen molar-refractivity contribution in [1.82, 2.24) is 0 Å². The number of hydrogen-bond donors (Lipinski definition) is 1. The van der Waals surface area contributed by atoms with E-state index < -0.39 is 5.91 Å². The molecule has 0 bridgehead atoms. The molecular weight excluding hydrogens is 240 g/mol. The zero-order valence-corrected chi connectivity index (χ0v) is 10.3. The van der Waals surface area contributed by atoms with Crippen LogP contribution in [0.2, 0.25) is 0 Å². The molecule has 0 aliphatic rings. The van der Waals surface area contributed by atoms with E-state index >= 15 is 0 Å². The van der Waals surface area contributed by atoms with Gasteiger partial charge in [-0.25, -0.2) is 0 Å². The van der Waals surface area contributed by atoms with Crippen molar-refractivity contribution in [2.45, 2.75) is 0 Å². The summed E-state index contributed by atoms with van der Waals surface area (Å²) in [6.45, 7) is -0.114. The summed E-state index contributed by atoms with van der Waals surface area (Å²) in [5, 5.41) is 0. The molecule has 0 unspecified atom stereocenters. The van der Waals surface area contributed by atoms with Gasteiger partial charge in [0.25, 0.3) is 5.91 Å². The standard InChI is InChI=1S/C15H14N2O2/c16-15(18)11-19-14-8-6-12(7-9-14)10-17-13-4-2-1-3-5-13/h1-10H,11H2,(H2,16,18)/b17-10+. The molecule has 96 valence electrons. The molecule has 2 N–H and O–H groups in total. The van der Waals surface area contributed by atoms with E-state index in [0.717, 1.165) is 11.3 Å². The molecule has 2 aromatic rings. The maximum Gasteiger partial charge on any atom is 0.255 e. The summed E-state index contributed by atoms with van der Waals surface area (Å²) in [6, 6.07) is 17.0. The number of aliphatic imine (C=N–C) groups is 1. The molecule has 0 saturated heterocycles. The second kappa shape index (κ2) is 6.35. The van der Waals surface area contributed by atoms with Gasteiger partial charge in [-0.05, 0) is 42.0 Å². The number of amides is 1. The van der Waals surface area contributed by atoms with E-state index in [1.807, 2.05) is 42.5 Å². The molecular formula is C15H14N2O2. The van der Waals surface area contributed by atoms with Crippen molar-refractivity contribution in [3.8, 4) is 5.75 Å². The maximum atomic E-state index is 10.6. The highest BCUT2D eigenvalue weighted by Gasteiger charge is 1.97. The summed E-state index contributed by atoms with van der Waals surface area (Å²) in [7, 11) is 0. The van der Waals surface area contributed by atoms with Crippen LogP contribution in [0.15, 0.2) is 59.6 Å². The van der Waals surface area contributed by atoms with Crippen LogP contribution in [0.3, 0.4) is 0 Å². The molecule has 2 aromatic carbocycles. The molecule has 0 atom stereocenters. The number of benzene rings is 2. The van der Waals surface area contributed by atoms with Gasteiger partial charge in [-0.2, -0.15) is 0 Å². The number of nitrogens with two attached hydrogens (primary N) is 1. The van der Waals surface area contributed by atoms with Gasteiger partial charge >= 0.3 is 0 Å². The third-order valence-corrected chi connectivity index (χ3v) is 2.38. The molecule has 0 fully saturated rings. The highest BCUT2D eigenvalue weighted by molar-refractivity contribution is 5.82. The van der Waals surface area contributed by atoms with Crippen LogP contribution in [-0.2, 0) is 4.79 Å². The summed E-state index contributed by atoms with van der Waals surface area (Å²) in [5.41, 5.74) is 6.85. The second-order valence-corrected chi connectivity index (χ2v) is 3.92. The Bertz CT molecular complexity index is 562. The lowest BCUT2D eigenvalue weighted by molar-refractivity contribution is -0.119. The molecule has 1 amide bonds. The normalized spacial score (nSPS) is 10.5. The number of hydrogen-bond acceptors (Lipinski definition) is 3. The number of para-hydroxylation sites is 1. The largest absolute Gasteiger partial charge is 0.484 e. The first kappa shape index (κ1) is 12.8. The highest BCUT2D eigenvalue weighted by atomic mass is 16.5. The minimum Gasteiger partial charge on any atom is -0.484 e. The average Bonchev–Trinajstić information content (AvgIpc) is 2.45. The lowest BCUT2D eigenvalue weighted by Gasteiger charge is -2.03. The quantitative estimate of drug-likeness (QED) is 0.832. The van der Waals surface area contributed by atoms with E-state index in [1.165, 1.54) is 0 Å². The number of carbonyl (C=O) groups excluding carboxylic acids is 1. The van der Waals surface area contributed by atoms with E-state index in [4.69, 9.17) is 10.5 Å². The van der Waals surface area contributed by atoms with Gasteiger partial charge in [0, 0.05) is 6.21 Å². The van der Waals surface area contributed by atoms with E-state index in [2.05, 4.69) is 4.99 Å². The van der Waals surface area contributed by atoms with Crippen LogP contribution in [0.1, 0.15) is 5.56 Å². The van der Waals surface area contributed by atoms with Crippen LogP contribution < -0.4 is 10.5 Å². The van der Waals surface area contributed by atoms with Crippen molar-refractivity contribution in [2.24, 2.45) is 10.7 Å². The fourth-order valence-electron chi connectivity index (χ4n) is 1.47. The summed E-state index contributed by atoms with van der Waals surface area (Å²) in [6.07, 6.45) is 1.77. The fraction of sp³-hybridized carbons (Fsp3) is 0.0667. The number of ether oxygens (including phenoxy) is 1. The highest BCUT2D eigenvalue weighted by Crippen LogP contribution is 2.13. The summed E-state index contributed by atoms with van der Waals surface area (Å²) < 4.78 is 5.17. The first-order chi connectivity index (χ1) is 9.24. The van der Waals surface area contributed by atoms with Crippen LogP contribution >= 0.6 is 0 Å². The second-order valence-electron chi connectivity index (χ2n) is 3.92. The van der Waals surface area contributed by atoms with Gasteiger partial charge in [-0.15, -0.1) is 0 Å². The van der Waals surface area contributed by atoms with E-state index in [1.54, 1.807) is 18.3 Å². The molecule has 4 heteroatoms. The van der Waals surface area contributed by atoms with E-state index in [9.17, 15) is 4.79 Å². The molecule has 2 rings (SSSR count). The SMILES string of the molecule is NC(=O)COc1ccc(/C=N/c2ccccc2)cc1. The Kier molecular flexibility index (Phi) is 4.29. The van der Waals surface area contributed by atoms with Gasteiger partial charge in [0.1, 0.15) is 5.75 Å². The Balaban J connectivity index is 1.99. The van der Waals surface area contributed by atoms with Crippen LogP contribution in [0.4, 0.5) is 5.69 Å². The van der Waals surface area contributed by atoms with Gasteiger partial charge in [-0.3, -0.25) is 9.79 Å². The van der Waals surface area contributed by atoms with Gasteiger partial charge in [-0.1, -0.05) is 18.2 Å². The minimum absolute atomic E-state index is 0.114. The molecule has 0 heterocycles. The Morgan fingerprint density at radius 2 is 1.79 bits per heavy atom. The van der Waals surface area contributed by atoms with Gasteiger partial charge in [0.05, 0.1) is 5.69 Å². The molecule has 0 saturated carbocycles. The van der Waals surface area contributed by atoms with Gasteiger partial charge < -0.3 is 10.5 Å². The Morgan fingerprint density at radius 3 is 2.42 bits per heavy atom. The number of primary amides is 1. The lowest BCUT2D eigenvalue weighted by atomic mass is 10.2. The molecule has 0 aliphatic carbocycles. The molecule has 19 heavy (non-hydrogen) atoms. The van der Waals surface area contributed by atoms with E-state index in [-0.39, 0.29) is 6.61 Å². The number of nitrogens with zero attached hydrogens (tertiary/aromatic N) is 1.